The van der Waals surface area contributed by atoms with Gasteiger partial charge in [-0.05, 0) is 24.6 Å². The third-order valence-corrected chi connectivity index (χ3v) is 3.54. The Morgan fingerprint density at radius 3 is 2.94 bits per heavy atom. The lowest BCUT2D eigenvalue weighted by Gasteiger charge is -2.02. The van der Waals surface area contributed by atoms with E-state index in [1.807, 2.05) is 12.1 Å². The van der Waals surface area contributed by atoms with Crippen molar-refractivity contribution in [3.8, 4) is 0 Å². The van der Waals surface area contributed by atoms with E-state index in [0.717, 1.165) is 17.0 Å². The molecule has 0 unspecified atom stereocenters. The van der Waals surface area contributed by atoms with Gasteiger partial charge in [0, 0.05) is 11.1 Å². The summed E-state index contributed by atoms with van der Waals surface area (Å²) < 4.78 is 0. The van der Waals surface area contributed by atoms with Crippen molar-refractivity contribution in [2.24, 2.45) is 0 Å². The first-order valence-electron chi connectivity index (χ1n) is 5.41. The SMILES string of the molecule is CCc1ccc(C(=O)NCc2ccncn2)s1. The van der Waals surface area contributed by atoms with Crippen LogP contribution in [-0.2, 0) is 13.0 Å². The number of carbonyl (C=O) groups is 1. The van der Waals surface area contributed by atoms with Crippen molar-refractivity contribution in [3.63, 3.8) is 0 Å². The van der Waals surface area contributed by atoms with Crippen LogP contribution in [0.1, 0.15) is 27.2 Å². The highest BCUT2D eigenvalue weighted by Gasteiger charge is 2.08. The van der Waals surface area contributed by atoms with Gasteiger partial charge in [-0.2, -0.15) is 0 Å². The second-order valence-corrected chi connectivity index (χ2v) is 4.67. The molecule has 0 aliphatic rings. The number of amides is 1. The quantitative estimate of drug-likeness (QED) is 0.899. The van der Waals surface area contributed by atoms with Crippen molar-refractivity contribution in [1.82, 2.24) is 15.3 Å². The van der Waals surface area contributed by atoms with Crippen LogP contribution < -0.4 is 5.32 Å². The summed E-state index contributed by atoms with van der Waals surface area (Å²) in [6.45, 7) is 2.51. The van der Waals surface area contributed by atoms with Crippen LogP contribution >= 0.6 is 11.3 Å². The minimum absolute atomic E-state index is 0.0479. The first-order valence-corrected chi connectivity index (χ1v) is 6.23. The zero-order valence-corrected chi connectivity index (χ0v) is 10.3. The standard InChI is InChI=1S/C12H13N3OS/c1-2-10-3-4-11(17-10)12(16)14-7-9-5-6-13-8-15-9/h3-6,8H,2,7H2,1H3,(H,14,16). The molecule has 1 N–H and O–H groups in total. The van der Waals surface area contributed by atoms with Crippen LogP contribution in [-0.4, -0.2) is 15.9 Å². The van der Waals surface area contributed by atoms with Gasteiger partial charge in [0.2, 0.25) is 0 Å². The van der Waals surface area contributed by atoms with Crippen LogP contribution in [0.3, 0.4) is 0 Å². The predicted octanol–water partition coefficient (Wildman–Crippen LogP) is 2.03. The number of aryl methyl sites for hydroxylation is 1. The largest absolute Gasteiger partial charge is 0.346 e. The molecule has 0 radical (unpaired) electrons. The molecule has 0 spiro atoms. The van der Waals surface area contributed by atoms with Gasteiger partial charge in [0.1, 0.15) is 6.33 Å². The van der Waals surface area contributed by atoms with Crippen LogP contribution in [0.15, 0.2) is 30.7 Å². The summed E-state index contributed by atoms with van der Waals surface area (Å²) in [7, 11) is 0. The van der Waals surface area contributed by atoms with Crippen molar-refractivity contribution < 1.29 is 4.79 Å². The number of hydrogen-bond donors (Lipinski definition) is 1. The highest BCUT2D eigenvalue weighted by molar-refractivity contribution is 7.14. The number of nitrogens with zero attached hydrogens (tertiary/aromatic N) is 2. The fourth-order valence-corrected chi connectivity index (χ4v) is 2.23. The maximum absolute atomic E-state index is 11.8. The van der Waals surface area contributed by atoms with E-state index in [-0.39, 0.29) is 5.91 Å². The minimum atomic E-state index is -0.0479. The molecule has 17 heavy (non-hydrogen) atoms. The van der Waals surface area contributed by atoms with Crippen LogP contribution in [0.25, 0.3) is 0 Å². The Bertz CT molecular complexity index is 495. The molecule has 0 aromatic carbocycles. The van der Waals surface area contributed by atoms with E-state index in [0.29, 0.717) is 6.54 Å². The fraction of sp³-hybridized carbons (Fsp3) is 0.250. The van der Waals surface area contributed by atoms with Crippen molar-refractivity contribution >= 4 is 17.2 Å². The van der Waals surface area contributed by atoms with E-state index in [1.54, 1.807) is 12.3 Å². The highest BCUT2D eigenvalue weighted by atomic mass is 32.1. The van der Waals surface area contributed by atoms with E-state index >= 15 is 0 Å². The molecule has 2 heterocycles. The monoisotopic (exact) mass is 247 g/mol. The molecule has 2 rings (SSSR count). The number of rotatable bonds is 4. The van der Waals surface area contributed by atoms with Gasteiger partial charge in [-0.1, -0.05) is 6.92 Å². The summed E-state index contributed by atoms with van der Waals surface area (Å²) in [4.78, 5) is 21.6. The van der Waals surface area contributed by atoms with Crippen molar-refractivity contribution in [3.05, 3.63) is 46.2 Å². The summed E-state index contributed by atoms with van der Waals surface area (Å²) in [5, 5.41) is 2.83. The molecule has 0 saturated carbocycles. The van der Waals surface area contributed by atoms with Crippen LogP contribution in [0.4, 0.5) is 0 Å². The van der Waals surface area contributed by atoms with E-state index in [9.17, 15) is 4.79 Å². The first-order chi connectivity index (χ1) is 8.29. The Kier molecular flexibility index (Phi) is 3.82. The molecule has 2 aromatic rings. The van der Waals surface area contributed by atoms with Gasteiger partial charge in [-0.3, -0.25) is 4.79 Å². The van der Waals surface area contributed by atoms with Gasteiger partial charge < -0.3 is 5.32 Å². The molecule has 0 atom stereocenters. The number of aromatic nitrogens is 2. The first kappa shape index (κ1) is 11.7. The summed E-state index contributed by atoms with van der Waals surface area (Å²) in [6.07, 6.45) is 4.10. The van der Waals surface area contributed by atoms with Gasteiger partial charge in [0.25, 0.3) is 5.91 Å². The number of thiophene rings is 1. The molecular weight excluding hydrogens is 234 g/mol. The third-order valence-electron chi connectivity index (χ3n) is 2.31. The average molecular weight is 247 g/mol. The zero-order chi connectivity index (χ0) is 12.1. The van der Waals surface area contributed by atoms with Gasteiger partial charge in [0.05, 0.1) is 17.1 Å². The predicted molar refractivity (Wildman–Crippen MR) is 66.9 cm³/mol. The molecule has 4 nitrogen and oxygen atoms in total. The molecule has 0 fully saturated rings. The van der Waals surface area contributed by atoms with Crippen LogP contribution in [0.2, 0.25) is 0 Å². The number of hydrogen-bond acceptors (Lipinski definition) is 4. The fourth-order valence-electron chi connectivity index (χ4n) is 1.37. The summed E-state index contributed by atoms with van der Waals surface area (Å²) in [5.41, 5.74) is 0.806. The lowest BCUT2D eigenvalue weighted by Crippen LogP contribution is -2.22. The minimum Gasteiger partial charge on any atom is -0.346 e. The molecule has 0 aliphatic heterocycles. The van der Waals surface area contributed by atoms with Crippen molar-refractivity contribution in [1.29, 1.82) is 0 Å². The number of carbonyl (C=O) groups excluding carboxylic acids is 1. The normalized spacial score (nSPS) is 10.2. The summed E-state index contributed by atoms with van der Waals surface area (Å²) in [6, 6.07) is 5.63. The van der Waals surface area contributed by atoms with Crippen LogP contribution in [0.5, 0.6) is 0 Å². The van der Waals surface area contributed by atoms with Gasteiger partial charge >= 0.3 is 0 Å². The molecule has 0 saturated heterocycles. The average Bonchev–Trinajstić information content (AvgIpc) is 2.86. The van der Waals surface area contributed by atoms with Gasteiger partial charge in [-0.15, -0.1) is 11.3 Å². The van der Waals surface area contributed by atoms with E-state index in [2.05, 4.69) is 22.2 Å². The maximum atomic E-state index is 11.8. The summed E-state index contributed by atoms with van der Waals surface area (Å²) >= 11 is 1.53. The Balaban J connectivity index is 1.93. The molecule has 0 aliphatic carbocycles. The topological polar surface area (TPSA) is 54.9 Å². The van der Waals surface area contributed by atoms with Crippen molar-refractivity contribution in [2.45, 2.75) is 19.9 Å². The zero-order valence-electron chi connectivity index (χ0n) is 9.51. The van der Waals surface area contributed by atoms with E-state index in [4.69, 9.17) is 0 Å². The molecule has 88 valence electrons. The molecule has 2 aromatic heterocycles. The third kappa shape index (κ3) is 3.10. The van der Waals surface area contributed by atoms with Crippen molar-refractivity contribution in [2.75, 3.05) is 0 Å². The van der Waals surface area contributed by atoms with E-state index < -0.39 is 0 Å². The molecular formula is C12H13N3OS. The smallest absolute Gasteiger partial charge is 0.261 e. The lowest BCUT2D eigenvalue weighted by molar-refractivity contribution is 0.0954. The molecule has 1 amide bonds. The molecule has 5 heteroatoms. The Morgan fingerprint density at radius 1 is 1.41 bits per heavy atom. The second kappa shape index (κ2) is 5.54. The maximum Gasteiger partial charge on any atom is 0.261 e. The summed E-state index contributed by atoms with van der Waals surface area (Å²) in [5.74, 6) is -0.0479. The molecule has 0 bridgehead atoms. The number of nitrogens with one attached hydrogen (secondary N) is 1. The second-order valence-electron chi connectivity index (χ2n) is 3.50. The van der Waals surface area contributed by atoms with Gasteiger partial charge in [0.15, 0.2) is 0 Å². The van der Waals surface area contributed by atoms with E-state index in [1.165, 1.54) is 22.5 Å². The lowest BCUT2D eigenvalue weighted by atomic mass is 10.3. The van der Waals surface area contributed by atoms with Crippen LogP contribution in [0, 0.1) is 0 Å². The Morgan fingerprint density at radius 2 is 2.29 bits per heavy atom. The Labute approximate surface area is 104 Å². The Hall–Kier alpha value is -1.75. The highest BCUT2D eigenvalue weighted by Crippen LogP contribution is 2.16. The van der Waals surface area contributed by atoms with Gasteiger partial charge in [-0.25, -0.2) is 9.97 Å².